The fourth-order valence-corrected chi connectivity index (χ4v) is 2.92. The number of amides is 1. The third-order valence-electron chi connectivity index (χ3n) is 4.48. The van der Waals surface area contributed by atoms with Crippen LogP contribution in [0.4, 0.5) is 0 Å². The second-order valence-corrected chi connectivity index (χ2v) is 6.15. The van der Waals surface area contributed by atoms with E-state index in [2.05, 4.69) is 5.32 Å². The number of aliphatic carboxylic acids is 1. The number of hydrogen-bond acceptors (Lipinski definition) is 4. The molecule has 0 radical (unpaired) electrons. The molecule has 1 aromatic carbocycles. The molecule has 0 saturated carbocycles. The molecule has 1 aliphatic rings. The van der Waals surface area contributed by atoms with Gasteiger partial charge in [-0.15, -0.1) is 0 Å². The van der Waals surface area contributed by atoms with Crippen molar-refractivity contribution in [3.63, 3.8) is 0 Å². The number of benzene rings is 1. The highest BCUT2D eigenvalue weighted by Crippen LogP contribution is 2.23. The molecule has 0 unspecified atom stereocenters. The van der Waals surface area contributed by atoms with Gasteiger partial charge in [0.1, 0.15) is 5.54 Å². The molecule has 1 heterocycles. The predicted octanol–water partition coefficient (Wildman–Crippen LogP) is 1.44. The molecule has 0 spiro atoms. The molecule has 0 aromatic heterocycles. The molecule has 2 rings (SSSR count). The molecule has 1 fully saturated rings. The van der Waals surface area contributed by atoms with Gasteiger partial charge in [-0.25, -0.2) is 4.79 Å². The van der Waals surface area contributed by atoms with E-state index in [1.807, 2.05) is 32.0 Å². The summed E-state index contributed by atoms with van der Waals surface area (Å²) in [7, 11) is 1.56. The summed E-state index contributed by atoms with van der Waals surface area (Å²) in [4.78, 5) is 29.2. The highest BCUT2D eigenvalue weighted by atomic mass is 16.7. The minimum atomic E-state index is -1.20. The van der Waals surface area contributed by atoms with E-state index in [4.69, 9.17) is 4.84 Å². The molecular weight excluding hydrogens is 296 g/mol. The molecule has 6 nitrogen and oxygen atoms in total. The number of carbonyl (C=O) groups excluding carboxylic acids is 1. The number of nitrogens with one attached hydrogen (secondary N) is 1. The maximum Gasteiger partial charge on any atom is 0.329 e. The minimum Gasteiger partial charge on any atom is -0.480 e. The monoisotopic (exact) mass is 320 g/mol. The number of carboxylic acid groups (broad SMARTS) is 1. The van der Waals surface area contributed by atoms with Gasteiger partial charge in [-0.05, 0) is 37.8 Å². The molecule has 1 saturated heterocycles. The Morgan fingerprint density at radius 1 is 1.30 bits per heavy atom. The summed E-state index contributed by atoms with van der Waals surface area (Å²) in [5, 5.41) is 14.0. The van der Waals surface area contributed by atoms with Gasteiger partial charge in [0.15, 0.2) is 0 Å². The Balaban J connectivity index is 2.07. The summed E-state index contributed by atoms with van der Waals surface area (Å²) in [6.45, 7) is 4.88. The Kier molecular flexibility index (Phi) is 5.38. The van der Waals surface area contributed by atoms with Crippen molar-refractivity contribution in [2.24, 2.45) is 0 Å². The SMILES string of the molecule is CON1CCC(NC(=O)Cc2cc(C)ccc2C)(C(=O)O)CC1. The first-order valence-electron chi connectivity index (χ1n) is 7.76. The maximum atomic E-state index is 12.4. The summed E-state index contributed by atoms with van der Waals surface area (Å²) in [5.41, 5.74) is 1.84. The van der Waals surface area contributed by atoms with Crippen molar-refractivity contribution in [3.05, 3.63) is 34.9 Å². The molecule has 23 heavy (non-hydrogen) atoms. The molecule has 0 aliphatic carbocycles. The van der Waals surface area contributed by atoms with Crippen LogP contribution in [0.5, 0.6) is 0 Å². The second-order valence-electron chi connectivity index (χ2n) is 6.15. The van der Waals surface area contributed by atoms with E-state index in [9.17, 15) is 14.7 Å². The zero-order valence-electron chi connectivity index (χ0n) is 13.9. The van der Waals surface area contributed by atoms with Crippen LogP contribution < -0.4 is 5.32 Å². The van der Waals surface area contributed by atoms with Crippen LogP contribution in [0, 0.1) is 13.8 Å². The molecule has 0 bridgehead atoms. The number of nitrogens with zero attached hydrogens (tertiary/aromatic N) is 1. The quantitative estimate of drug-likeness (QED) is 0.858. The van der Waals surface area contributed by atoms with Crippen molar-refractivity contribution in [2.45, 2.75) is 38.6 Å². The largest absolute Gasteiger partial charge is 0.480 e. The van der Waals surface area contributed by atoms with Crippen molar-refractivity contribution in [1.29, 1.82) is 0 Å². The molecule has 6 heteroatoms. The van der Waals surface area contributed by atoms with Crippen LogP contribution in [0.15, 0.2) is 18.2 Å². The van der Waals surface area contributed by atoms with Gasteiger partial charge in [-0.1, -0.05) is 23.8 Å². The lowest BCUT2D eigenvalue weighted by atomic mass is 9.87. The van der Waals surface area contributed by atoms with Gasteiger partial charge in [0.25, 0.3) is 0 Å². The number of rotatable bonds is 5. The third-order valence-corrected chi connectivity index (χ3v) is 4.48. The number of carbonyl (C=O) groups is 2. The maximum absolute atomic E-state index is 12.4. The topological polar surface area (TPSA) is 78.9 Å². The number of hydroxylamine groups is 2. The molecule has 1 aliphatic heterocycles. The number of carboxylic acids is 1. The zero-order chi connectivity index (χ0) is 17.0. The highest BCUT2D eigenvalue weighted by Gasteiger charge is 2.43. The van der Waals surface area contributed by atoms with Crippen LogP contribution in [-0.4, -0.2) is 47.8 Å². The second kappa shape index (κ2) is 7.10. The number of aryl methyl sites for hydroxylation is 2. The zero-order valence-corrected chi connectivity index (χ0v) is 13.9. The van der Waals surface area contributed by atoms with Crippen molar-refractivity contribution in [3.8, 4) is 0 Å². The van der Waals surface area contributed by atoms with Gasteiger partial charge in [0.2, 0.25) is 5.91 Å². The minimum absolute atomic E-state index is 0.191. The van der Waals surface area contributed by atoms with E-state index in [0.717, 1.165) is 16.7 Å². The normalized spacial score (nSPS) is 17.7. The average Bonchev–Trinajstić information content (AvgIpc) is 2.51. The molecule has 0 atom stereocenters. The van der Waals surface area contributed by atoms with Crippen LogP contribution in [0.3, 0.4) is 0 Å². The van der Waals surface area contributed by atoms with E-state index in [1.54, 1.807) is 12.2 Å². The first-order chi connectivity index (χ1) is 10.9. The van der Waals surface area contributed by atoms with Crippen LogP contribution in [0.25, 0.3) is 0 Å². The fourth-order valence-electron chi connectivity index (χ4n) is 2.92. The molecule has 2 N–H and O–H groups in total. The average molecular weight is 320 g/mol. The Morgan fingerprint density at radius 2 is 1.96 bits per heavy atom. The summed E-state index contributed by atoms with van der Waals surface area (Å²) < 4.78 is 0. The van der Waals surface area contributed by atoms with Crippen LogP contribution in [0.1, 0.15) is 29.5 Å². The number of hydrogen-bond donors (Lipinski definition) is 2. The van der Waals surface area contributed by atoms with Gasteiger partial charge in [0, 0.05) is 13.1 Å². The lowest BCUT2D eigenvalue weighted by Crippen LogP contribution is -2.60. The number of piperidine rings is 1. The fraction of sp³-hybridized carbons (Fsp3) is 0.529. The van der Waals surface area contributed by atoms with Gasteiger partial charge in [-0.3, -0.25) is 4.79 Å². The van der Waals surface area contributed by atoms with Gasteiger partial charge < -0.3 is 15.3 Å². The first kappa shape index (κ1) is 17.4. The predicted molar refractivity (Wildman–Crippen MR) is 85.9 cm³/mol. The van der Waals surface area contributed by atoms with E-state index in [-0.39, 0.29) is 12.3 Å². The molecule has 1 amide bonds. The highest BCUT2D eigenvalue weighted by molar-refractivity contribution is 5.88. The van der Waals surface area contributed by atoms with Gasteiger partial charge >= 0.3 is 5.97 Å². The van der Waals surface area contributed by atoms with E-state index in [0.29, 0.717) is 25.9 Å². The Bertz CT molecular complexity index is 592. The van der Waals surface area contributed by atoms with E-state index < -0.39 is 11.5 Å². The Labute approximate surface area is 136 Å². The molecular formula is C17H24N2O4. The standard InChI is InChI=1S/C17H24N2O4/c1-12-4-5-13(2)14(10-12)11-15(20)18-17(16(21)22)6-8-19(23-3)9-7-17/h4-5,10H,6-9,11H2,1-3H3,(H,18,20)(H,21,22). The lowest BCUT2D eigenvalue weighted by Gasteiger charge is -2.38. The van der Waals surface area contributed by atoms with Crippen molar-refractivity contribution < 1.29 is 19.5 Å². The van der Waals surface area contributed by atoms with Crippen LogP contribution in [0.2, 0.25) is 0 Å². The van der Waals surface area contributed by atoms with Gasteiger partial charge in [-0.2, -0.15) is 5.06 Å². The third kappa shape index (κ3) is 4.09. The molecule has 1 aromatic rings. The summed E-state index contributed by atoms with van der Waals surface area (Å²) in [6.07, 6.45) is 0.847. The van der Waals surface area contributed by atoms with Gasteiger partial charge in [0.05, 0.1) is 13.5 Å². The summed E-state index contributed by atoms with van der Waals surface area (Å²) in [6, 6.07) is 5.94. The van der Waals surface area contributed by atoms with E-state index in [1.165, 1.54) is 0 Å². The van der Waals surface area contributed by atoms with Crippen molar-refractivity contribution in [1.82, 2.24) is 10.4 Å². The van der Waals surface area contributed by atoms with E-state index >= 15 is 0 Å². The molecule has 126 valence electrons. The lowest BCUT2D eigenvalue weighted by molar-refractivity contribution is -0.169. The first-order valence-corrected chi connectivity index (χ1v) is 7.76. The Hall–Kier alpha value is -1.92. The van der Waals surface area contributed by atoms with Crippen LogP contribution in [-0.2, 0) is 20.8 Å². The van der Waals surface area contributed by atoms with Crippen LogP contribution >= 0.6 is 0 Å². The summed E-state index contributed by atoms with van der Waals surface area (Å²) >= 11 is 0. The Morgan fingerprint density at radius 3 is 2.52 bits per heavy atom. The van der Waals surface area contributed by atoms with Crippen molar-refractivity contribution >= 4 is 11.9 Å². The van der Waals surface area contributed by atoms with Crippen molar-refractivity contribution in [2.75, 3.05) is 20.2 Å². The smallest absolute Gasteiger partial charge is 0.329 e. The summed E-state index contributed by atoms with van der Waals surface area (Å²) in [5.74, 6) is -1.24.